The van der Waals surface area contributed by atoms with Crippen LogP contribution in [0.4, 0.5) is 0 Å². The molecule has 0 heterocycles. The molecule has 21 heavy (non-hydrogen) atoms. The molecule has 0 aliphatic rings. The second kappa shape index (κ2) is 7.62. The number of hydrogen-bond acceptors (Lipinski definition) is 6. The fourth-order valence-electron chi connectivity index (χ4n) is 1.59. The standard InChI is InChI=1S/C13H16BrNO6/c14-13(21,10(18)7-17)11(19)9(6-16)15-12(20)8-4-2-1-3-5-8/h1-6,9-11,17-19,21H,7H2,(H,15,20)/t9-,10+,11+,13+/m0/s1. The van der Waals surface area contributed by atoms with Crippen LogP contribution in [0.15, 0.2) is 30.3 Å². The average Bonchev–Trinajstić information content (AvgIpc) is 2.51. The van der Waals surface area contributed by atoms with Gasteiger partial charge in [0.05, 0.1) is 6.61 Å². The molecule has 0 aliphatic heterocycles. The van der Waals surface area contributed by atoms with Crippen LogP contribution in [0.25, 0.3) is 0 Å². The van der Waals surface area contributed by atoms with Crippen molar-refractivity contribution in [1.82, 2.24) is 5.32 Å². The normalized spacial score (nSPS) is 18.1. The van der Waals surface area contributed by atoms with Crippen molar-refractivity contribution < 1.29 is 30.0 Å². The zero-order valence-corrected chi connectivity index (χ0v) is 12.5. The number of nitrogens with one attached hydrogen (secondary N) is 1. The Morgan fingerprint density at radius 2 is 1.90 bits per heavy atom. The number of carbonyl (C=O) groups is 2. The lowest BCUT2D eigenvalue weighted by Crippen LogP contribution is -2.58. The van der Waals surface area contributed by atoms with E-state index in [-0.39, 0.29) is 11.8 Å². The van der Waals surface area contributed by atoms with Gasteiger partial charge in [-0.3, -0.25) is 4.79 Å². The Kier molecular flexibility index (Phi) is 6.43. The van der Waals surface area contributed by atoms with Gasteiger partial charge in [-0.2, -0.15) is 0 Å². The van der Waals surface area contributed by atoms with Gasteiger partial charge in [-0.1, -0.05) is 18.2 Å². The number of alkyl halides is 1. The third kappa shape index (κ3) is 4.32. The number of benzene rings is 1. The maximum Gasteiger partial charge on any atom is 0.251 e. The molecule has 0 bridgehead atoms. The van der Waals surface area contributed by atoms with Crippen LogP contribution in [0.2, 0.25) is 0 Å². The van der Waals surface area contributed by atoms with E-state index < -0.39 is 35.3 Å². The molecule has 0 radical (unpaired) electrons. The molecule has 1 aromatic rings. The van der Waals surface area contributed by atoms with Gasteiger partial charge in [0.25, 0.3) is 5.91 Å². The third-order valence-corrected chi connectivity index (χ3v) is 3.87. The summed E-state index contributed by atoms with van der Waals surface area (Å²) in [4.78, 5) is 22.9. The first-order chi connectivity index (χ1) is 9.84. The summed E-state index contributed by atoms with van der Waals surface area (Å²) in [6.07, 6.45) is -3.39. The molecule has 0 aromatic heterocycles. The number of hydrogen-bond donors (Lipinski definition) is 5. The Morgan fingerprint density at radius 3 is 2.38 bits per heavy atom. The van der Waals surface area contributed by atoms with E-state index in [1.807, 2.05) is 0 Å². The van der Waals surface area contributed by atoms with Gasteiger partial charge in [-0.15, -0.1) is 0 Å². The third-order valence-electron chi connectivity index (χ3n) is 2.88. The van der Waals surface area contributed by atoms with Gasteiger partial charge < -0.3 is 30.5 Å². The summed E-state index contributed by atoms with van der Waals surface area (Å²) in [7, 11) is 0. The highest BCUT2D eigenvalue weighted by Gasteiger charge is 2.44. The van der Waals surface area contributed by atoms with Crippen molar-refractivity contribution in [2.75, 3.05) is 6.61 Å². The van der Waals surface area contributed by atoms with Crippen LogP contribution in [0.5, 0.6) is 0 Å². The molecule has 116 valence electrons. The minimum atomic E-state index is -2.35. The van der Waals surface area contributed by atoms with Gasteiger partial charge in [-0.05, 0) is 28.1 Å². The van der Waals surface area contributed by atoms with E-state index in [4.69, 9.17) is 5.11 Å². The largest absolute Gasteiger partial charge is 0.394 e. The molecular weight excluding hydrogens is 346 g/mol. The van der Waals surface area contributed by atoms with Crippen LogP contribution in [-0.4, -0.2) is 62.0 Å². The van der Waals surface area contributed by atoms with E-state index in [2.05, 4.69) is 21.2 Å². The number of halogens is 1. The first-order valence-corrected chi connectivity index (χ1v) is 6.83. The molecule has 0 saturated heterocycles. The fraction of sp³-hybridized carbons (Fsp3) is 0.385. The SMILES string of the molecule is O=C[C@H](NC(=O)c1ccccc1)[C@@H](O)[C@@](O)(Br)[C@H](O)CO. The molecule has 0 spiro atoms. The number of carbonyl (C=O) groups excluding carboxylic acids is 2. The van der Waals surface area contributed by atoms with Crippen LogP contribution in [0.1, 0.15) is 10.4 Å². The second-order valence-electron chi connectivity index (χ2n) is 4.37. The molecule has 8 heteroatoms. The number of rotatable bonds is 7. The molecule has 0 fully saturated rings. The molecule has 1 rings (SSSR count). The van der Waals surface area contributed by atoms with Crippen LogP contribution >= 0.6 is 15.9 Å². The maximum atomic E-state index is 11.9. The van der Waals surface area contributed by atoms with Crippen molar-refractivity contribution in [2.24, 2.45) is 0 Å². The van der Waals surface area contributed by atoms with Crippen molar-refractivity contribution in [3.8, 4) is 0 Å². The van der Waals surface area contributed by atoms with Gasteiger partial charge >= 0.3 is 0 Å². The lowest BCUT2D eigenvalue weighted by molar-refractivity contribution is -0.124. The van der Waals surface area contributed by atoms with E-state index >= 15 is 0 Å². The maximum absolute atomic E-state index is 11.9. The van der Waals surface area contributed by atoms with Crippen molar-refractivity contribution >= 4 is 28.1 Å². The van der Waals surface area contributed by atoms with E-state index in [9.17, 15) is 24.9 Å². The van der Waals surface area contributed by atoms with Crippen LogP contribution in [0.3, 0.4) is 0 Å². The van der Waals surface area contributed by atoms with E-state index in [1.165, 1.54) is 12.1 Å². The summed E-state index contributed by atoms with van der Waals surface area (Å²) in [5.41, 5.74) is 0.261. The summed E-state index contributed by atoms with van der Waals surface area (Å²) in [5, 5.41) is 40.3. The highest BCUT2D eigenvalue weighted by Crippen LogP contribution is 2.25. The first kappa shape index (κ1) is 17.7. The number of aliphatic hydroxyl groups excluding tert-OH is 3. The Labute approximate surface area is 129 Å². The van der Waals surface area contributed by atoms with Gasteiger partial charge in [0.2, 0.25) is 0 Å². The molecule has 0 aliphatic carbocycles. The van der Waals surface area contributed by atoms with Crippen LogP contribution in [0, 0.1) is 0 Å². The zero-order chi connectivity index (χ0) is 16.0. The first-order valence-electron chi connectivity index (χ1n) is 6.04. The molecule has 1 aromatic carbocycles. The monoisotopic (exact) mass is 361 g/mol. The summed E-state index contributed by atoms with van der Waals surface area (Å²) >= 11 is 2.65. The summed E-state index contributed by atoms with van der Waals surface area (Å²) in [6.45, 7) is -0.850. The molecule has 7 nitrogen and oxygen atoms in total. The molecule has 4 atom stereocenters. The van der Waals surface area contributed by atoms with Gasteiger partial charge in [0.15, 0.2) is 4.51 Å². The number of aldehydes is 1. The van der Waals surface area contributed by atoms with Gasteiger partial charge in [0.1, 0.15) is 24.5 Å². The Morgan fingerprint density at radius 1 is 1.33 bits per heavy atom. The number of aliphatic hydroxyl groups is 4. The van der Waals surface area contributed by atoms with E-state index in [0.29, 0.717) is 0 Å². The van der Waals surface area contributed by atoms with Crippen LogP contribution < -0.4 is 5.32 Å². The quantitative estimate of drug-likeness (QED) is 0.306. The minimum Gasteiger partial charge on any atom is -0.394 e. The fourth-order valence-corrected chi connectivity index (χ4v) is 2.02. The lowest BCUT2D eigenvalue weighted by atomic mass is 10.0. The van der Waals surface area contributed by atoms with E-state index in [1.54, 1.807) is 18.2 Å². The summed E-state index contributed by atoms with van der Waals surface area (Å²) in [5.74, 6) is -0.631. The van der Waals surface area contributed by atoms with Crippen molar-refractivity contribution in [3.63, 3.8) is 0 Å². The van der Waals surface area contributed by atoms with Crippen molar-refractivity contribution in [2.45, 2.75) is 22.8 Å². The smallest absolute Gasteiger partial charge is 0.251 e. The molecule has 0 unspecified atom stereocenters. The molecule has 1 amide bonds. The number of amides is 1. The van der Waals surface area contributed by atoms with Gasteiger partial charge in [-0.25, -0.2) is 0 Å². The predicted octanol–water partition coefficient (Wildman–Crippen LogP) is -1.22. The van der Waals surface area contributed by atoms with Crippen molar-refractivity contribution in [3.05, 3.63) is 35.9 Å². The minimum absolute atomic E-state index is 0.224. The van der Waals surface area contributed by atoms with Gasteiger partial charge in [0, 0.05) is 5.56 Å². The Hall–Kier alpha value is -1.32. The average molecular weight is 362 g/mol. The predicted molar refractivity (Wildman–Crippen MR) is 76.7 cm³/mol. The topological polar surface area (TPSA) is 127 Å². The summed E-state index contributed by atoms with van der Waals surface area (Å²) in [6, 6.07) is 6.48. The Balaban J connectivity index is 2.84. The van der Waals surface area contributed by atoms with E-state index in [0.717, 1.165) is 0 Å². The molecule has 5 N–H and O–H groups in total. The molecular formula is C13H16BrNO6. The lowest BCUT2D eigenvalue weighted by Gasteiger charge is -2.33. The van der Waals surface area contributed by atoms with Crippen LogP contribution in [-0.2, 0) is 4.79 Å². The highest BCUT2D eigenvalue weighted by atomic mass is 79.9. The molecule has 0 saturated carbocycles. The summed E-state index contributed by atoms with van der Waals surface area (Å²) < 4.78 is -2.35. The zero-order valence-electron chi connectivity index (χ0n) is 10.9. The second-order valence-corrected chi connectivity index (χ2v) is 5.64. The highest BCUT2D eigenvalue weighted by molar-refractivity contribution is 9.10. The van der Waals surface area contributed by atoms with Crippen molar-refractivity contribution in [1.29, 1.82) is 0 Å². The Bertz CT molecular complexity index is 481.